The van der Waals surface area contributed by atoms with Gasteiger partial charge in [0.1, 0.15) is 5.82 Å². The third-order valence-corrected chi connectivity index (χ3v) is 14.7. The molecule has 0 fully saturated rings. The van der Waals surface area contributed by atoms with Gasteiger partial charge >= 0.3 is 0 Å². The summed E-state index contributed by atoms with van der Waals surface area (Å²) in [7, 11) is -0.421. The highest BCUT2D eigenvalue weighted by atomic mass is 28.3. The van der Waals surface area contributed by atoms with Crippen molar-refractivity contribution in [2.45, 2.75) is 0 Å². The Kier molecular flexibility index (Phi) is 6.70. The lowest BCUT2D eigenvalue weighted by Gasteiger charge is -2.35. The summed E-state index contributed by atoms with van der Waals surface area (Å²) in [5, 5.41) is 5.49. The van der Waals surface area contributed by atoms with E-state index in [1.807, 2.05) is 0 Å². The third-order valence-electron chi connectivity index (χ3n) is 9.89. The lowest BCUT2D eigenvalue weighted by atomic mass is 9.99. The van der Waals surface area contributed by atoms with Gasteiger partial charge in [-0.2, -0.15) is 0 Å². The van der Waals surface area contributed by atoms with E-state index in [9.17, 15) is 0 Å². The van der Waals surface area contributed by atoms with Crippen molar-refractivity contribution in [1.29, 1.82) is 0 Å². The van der Waals surface area contributed by atoms with Crippen LogP contribution in [0.1, 0.15) is 0 Å². The Morgan fingerprint density at radius 3 is 1.52 bits per heavy atom. The number of rotatable bonds is 6. The van der Waals surface area contributed by atoms with Gasteiger partial charge in [-0.25, -0.2) is 4.98 Å². The molecular formula is C44H33N3Si. The molecule has 9 rings (SSSR count). The van der Waals surface area contributed by atoms with E-state index in [0.29, 0.717) is 0 Å². The molecule has 0 spiro atoms. The predicted octanol–water partition coefficient (Wildman–Crippen LogP) is 7.82. The van der Waals surface area contributed by atoms with Crippen molar-refractivity contribution in [3.63, 3.8) is 0 Å². The van der Waals surface area contributed by atoms with E-state index in [1.54, 1.807) is 0 Å². The van der Waals surface area contributed by atoms with Crippen LogP contribution < -0.4 is 25.6 Å². The maximum absolute atomic E-state index is 5.16. The molecule has 8 aromatic rings. The lowest BCUT2D eigenvalue weighted by Crippen LogP contribution is -2.74. The van der Waals surface area contributed by atoms with Crippen molar-refractivity contribution < 1.29 is 0 Å². The fourth-order valence-electron chi connectivity index (χ4n) is 7.78. The van der Waals surface area contributed by atoms with E-state index >= 15 is 0 Å². The zero-order chi connectivity index (χ0) is 32.1. The number of hydrogen-bond donors (Lipinski definition) is 0. The summed E-state index contributed by atoms with van der Waals surface area (Å²) in [6.07, 6.45) is 0. The minimum Gasteiger partial charge on any atom is -0.341 e. The Bertz CT molecular complexity index is 2290. The van der Waals surface area contributed by atoms with Crippen molar-refractivity contribution in [1.82, 2.24) is 9.55 Å². The summed E-state index contributed by atoms with van der Waals surface area (Å²) < 4.78 is 2.35. The standard InChI is InChI=1S/C44H33N3Si/c1-46-40-26-15-25-39-43(40)47(44(45-39)33-16-6-2-7-17-33)41-27-14-24-38(42(41)46)32-28-30-37(31-29-32)48(34-18-8-3-9-19-34,35-20-10-4-11-21-35)36-22-12-5-13-23-36/h2-31H,1H3. The van der Waals surface area contributed by atoms with Crippen LogP contribution in [0.3, 0.4) is 0 Å². The Labute approximate surface area is 282 Å². The molecule has 7 aromatic carbocycles. The zero-order valence-corrected chi connectivity index (χ0v) is 27.7. The summed E-state index contributed by atoms with van der Waals surface area (Å²) in [4.78, 5) is 7.50. The quantitative estimate of drug-likeness (QED) is 0.138. The first-order valence-corrected chi connectivity index (χ1v) is 18.5. The van der Waals surface area contributed by atoms with Gasteiger partial charge in [0.2, 0.25) is 0 Å². The zero-order valence-electron chi connectivity index (χ0n) is 26.7. The van der Waals surface area contributed by atoms with Crippen LogP contribution in [-0.4, -0.2) is 24.7 Å². The van der Waals surface area contributed by atoms with E-state index in [2.05, 4.69) is 199 Å². The minimum absolute atomic E-state index is 0.962. The summed E-state index contributed by atoms with van der Waals surface area (Å²) in [6, 6.07) is 66.4. The van der Waals surface area contributed by atoms with Gasteiger partial charge in [-0.1, -0.05) is 164 Å². The molecule has 0 amide bonds. The number of hydrogen-bond acceptors (Lipinski definition) is 2. The number of imidazole rings is 1. The van der Waals surface area contributed by atoms with Crippen molar-refractivity contribution >= 4 is 51.2 Å². The molecular weight excluding hydrogens is 599 g/mol. The molecule has 0 bridgehead atoms. The maximum atomic E-state index is 5.16. The molecule has 0 atom stereocenters. The molecule has 0 N–H and O–H groups in total. The van der Waals surface area contributed by atoms with Gasteiger partial charge < -0.3 is 4.90 Å². The second kappa shape index (κ2) is 11.4. The molecule has 0 unspecified atom stereocenters. The summed E-state index contributed by atoms with van der Waals surface area (Å²) in [5.41, 5.74) is 9.11. The van der Waals surface area contributed by atoms with Crippen LogP contribution in [0.2, 0.25) is 0 Å². The molecule has 1 aliphatic heterocycles. The SMILES string of the molecule is CN1c2c(-c3ccc([Si](c4ccccc4)(c4ccccc4)c4ccccc4)cc3)cccc2-n2c(-c3ccccc3)nc3cccc1c32. The summed E-state index contributed by atoms with van der Waals surface area (Å²) >= 11 is 0. The number of benzene rings is 7. The normalized spacial score (nSPS) is 12.2. The smallest absolute Gasteiger partial charge is 0.179 e. The Balaban J connectivity index is 1.25. The van der Waals surface area contributed by atoms with E-state index < -0.39 is 8.07 Å². The van der Waals surface area contributed by atoms with Gasteiger partial charge in [-0.15, -0.1) is 0 Å². The van der Waals surface area contributed by atoms with E-state index in [4.69, 9.17) is 4.98 Å². The number of para-hydroxylation sites is 2. The highest BCUT2D eigenvalue weighted by molar-refractivity contribution is 7.19. The highest BCUT2D eigenvalue weighted by Crippen LogP contribution is 2.47. The molecule has 1 aliphatic rings. The molecule has 1 aromatic heterocycles. The van der Waals surface area contributed by atoms with Crippen molar-refractivity contribution in [2.75, 3.05) is 11.9 Å². The molecule has 0 saturated heterocycles. The van der Waals surface area contributed by atoms with E-state index in [-0.39, 0.29) is 0 Å². The second-order valence-corrected chi connectivity index (χ2v) is 16.2. The van der Waals surface area contributed by atoms with Gasteiger partial charge in [0, 0.05) is 18.2 Å². The average molecular weight is 632 g/mol. The number of fused-ring (bicyclic) bond motifs is 2. The summed E-state index contributed by atoms with van der Waals surface area (Å²) in [5.74, 6) is 0.962. The van der Waals surface area contributed by atoms with Crippen molar-refractivity contribution in [2.24, 2.45) is 0 Å². The first-order valence-electron chi connectivity index (χ1n) is 16.5. The van der Waals surface area contributed by atoms with Crippen LogP contribution in [0.4, 0.5) is 11.4 Å². The predicted molar refractivity (Wildman–Crippen MR) is 204 cm³/mol. The third kappa shape index (κ3) is 4.23. The maximum Gasteiger partial charge on any atom is 0.179 e. The molecule has 0 aliphatic carbocycles. The molecule has 0 saturated carbocycles. The molecule has 228 valence electrons. The van der Waals surface area contributed by atoms with Crippen LogP contribution >= 0.6 is 0 Å². The van der Waals surface area contributed by atoms with E-state index in [0.717, 1.165) is 33.8 Å². The fraction of sp³-hybridized carbons (Fsp3) is 0.0227. The monoisotopic (exact) mass is 631 g/mol. The molecule has 2 heterocycles. The first kappa shape index (κ1) is 28.3. The van der Waals surface area contributed by atoms with E-state index in [1.165, 1.54) is 37.6 Å². The largest absolute Gasteiger partial charge is 0.341 e. The second-order valence-electron chi connectivity index (χ2n) is 12.4. The Hall–Kier alpha value is -5.97. The number of aromatic nitrogens is 2. The Morgan fingerprint density at radius 1 is 0.438 bits per heavy atom. The first-order chi connectivity index (χ1) is 23.7. The Morgan fingerprint density at radius 2 is 0.938 bits per heavy atom. The van der Waals surface area contributed by atoms with Gasteiger partial charge in [-0.05, 0) is 44.5 Å². The summed E-state index contributed by atoms with van der Waals surface area (Å²) in [6.45, 7) is 0. The number of nitrogens with zero attached hydrogens (tertiary/aromatic N) is 3. The van der Waals surface area contributed by atoms with Gasteiger partial charge in [0.05, 0.1) is 28.1 Å². The average Bonchev–Trinajstić information content (AvgIpc) is 3.56. The minimum atomic E-state index is -2.60. The molecule has 3 nitrogen and oxygen atoms in total. The lowest BCUT2D eigenvalue weighted by molar-refractivity contribution is 1.05. The van der Waals surface area contributed by atoms with Gasteiger partial charge in [-0.3, -0.25) is 4.57 Å². The van der Waals surface area contributed by atoms with Crippen molar-refractivity contribution in [3.8, 4) is 28.2 Å². The number of anilines is 2. The fourth-order valence-corrected chi connectivity index (χ4v) is 12.5. The van der Waals surface area contributed by atoms with Crippen LogP contribution in [-0.2, 0) is 0 Å². The molecule has 4 heteroatoms. The van der Waals surface area contributed by atoms with Crippen LogP contribution in [0.25, 0.3) is 39.2 Å². The topological polar surface area (TPSA) is 21.1 Å². The molecule has 0 radical (unpaired) electrons. The van der Waals surface area contributed by atoms with Crippen LogP contribution in [0, 0.1) is 0 Å². The van der Waals surface area contributed by atoms with Crippen molar-refractivity contribution in [3.05, 3.63) is 182 Å². The van der Waals surface area contributed by atoms with Crippen LogP contribution in [0.5, 0.6) is 0 Å². The van der Waals surface area contributed by atoms with Crippen LogP contribution in [0.15, 0.2) is 182 Å². The van der Waals surface area contributed by atoms with Gasteiger partial charge in [0.25, 0.3) is 0 Å². The molecule has 48 heavy (non-hydrogen) atoms. The van der Waals surface area contributed by atoms with Gasteiger partial charge in [0.15, 0.2) is 8.07 Å². The highest BCUT2D eigenvalue weighted by Gasteiger charge is 2.41.